The predicted octanol–water partition coefficient (Wildman–Crippen LogP) is 1.67. The molecule has 0 saturated heterocycles. The van der Waals surface area contributed by atoms with E-state index in [1.807, 2.05) is 11.6 Å². The van der Waals surface area contributed by atoms with Gasteiger partial charge >= 0.3 is 0 Å². The van der Waals surface area contributed by atoms with Crippen LogP contribution >= 0.6 is 11.8 Å². The van der Waals surface area contributed by atoms with Gasteiger partial charge in [0.05, 0.1) is 5.75 Å². The standard InChI is InChI=1S/C10H15N3OS/c1-13-7-11-12-10(13)15-6-9(14)8-4-2-3-5-8/h7-8H,2-6H2,1H3. The van der Waals surface area contributed by atoms with E-state index >= 15 is 0 Å². The van der Waals surface area contributed by atoms with Crippen molar-refractivity contribution in [1.29, 1.82) is 0 Å². The first kappa shape index (κ1) is 10.7. The van der Waals surface area contributed by atoms with E-state index < -0.39 is 0 Å². The Bertz CT molecular complexity index is 344. The molecule has 15 heavy (non-hydrogen) atoms. The predicted molar refractivity (Wildman–Crippen MR) is 58.7 cm³/mol. The van der Waals surface area contributed by atoms with Crippen molar-refractivity contribution in [2.24, 2.45) is 13.0 Å². The van der Waals surface area contributed by atoms with E-state index in [9.17, 15) is 4.79 Å². The summed E-state index contributed by atoms with van der Waals surface area (Å²) < 4.78 is 1.84. The van der Waals surface area contributed by atoms with E-state index in [-0.39, 0.29) is 0 Å². The fourth-order valence-electron chi connectivity index (χ4n) is 1.90. The van der Waals surface area contributed by atoms with Crippen LogP contribution in [0.15, 0.2) is 11.5 Å². The van der Waals surface area contributed by atoms with Crippen LogP contribution in [-0.4, -0.2) is 26.3 Å². The number of hydrogen-bond donors (Lipinski definition) is 0. The lowest BCUT2D eigenvalue weighted by atomic mass is 10.0. The summed E-state index contributed by atoms with van der Waals surface area (Å²) in [6.07, 6.45) is 6.24. The molecule has 1 saturated carbocycles. The minimum Gasteiger partial charge on any atom is -0.312 e. The zero-order valence-corrected chi connectivity index (χ0v) is 9.66. The molecule has 1 aliphatic carbocycles. The SMILES string of the molecule is Cn1cnnc1SCC(=O)C1CCCC1. The van der Waals surface area contributed by atoms with Gasteiger partial charge in [0.15, 0.2) is 5.16 Å². The second-order valence-corrected chi connectivity index (χ2v) is 4.90. The first-order valence-electron chi connectivity index (χ1n) is 5.27. The molecule has 1 heterocycles. The molecule has 1 aromatic heterocycles. The highest BCUT2D eigenvalue weighted by molar-refractivity contribution is 7.99. The number of nitrogens with zero attached hydrogens (tertiary/aromatic N) is 3. The van der Waals surface area contributed by atoms with E-state index in [4.69, 9.17) is 0 Å². The van der Waals surface area contributed by atoms with Crippen LogP contribution in [0.1, 0.15) is 25.7 Å². The molecule has 0 atom stereocenters. The van der Waals surface area contributed by atoms with Crippen molar-refractivity contribution in [3.63, 3.8) is 0 Å². The van der Waals surface area contributed by atoms with Crippen LogP contribution in [0.4, 0.5) is 0 Å². The maximum Gasteiger partial charge on any atom is 0.191 e. The number of carbonyl (C=O) groups is 1. The van der Waals surface area contributed by atoms with Crippen molar-refractivity contribution in [1.82, 2.24) is 14.8 Å². The van der Waals surface area contributed by atoms with Gasteiger partial charge in [-0.1, -0.05) is 24.6 Å². The van der Waals surface area contributed by atoms with Gasteiger partial charge in [0.1, 0.15) is 12.1 Å². The summed E-state index contributed by atoms with van der Waals surface area (Å²) in [5.41, 5.74) is 0. The Morgan fingerprint density at radius 2 is 2.33 bits per heavy atom. The molecule has 5 heteroatoms. The molecule has 2 rings (SSSR count). The fraction of sp³-hybridized carbons (Fsp3) is 0.700. The van der Waals surface area contributed by atoms with Gasteiger partial charge in [-0.05, 0) is 12.8 Å². The summed E-state index contributed by atoms with van der Waals surface area (Å²) in [6.45, 7) is 0. The second kappa shape index (κ2) is 4.79. The highest BCUT2D eigenvalue weighted by Crippen LogP contribution is 2.27. The van der Waals surface area contributed by atoms with Gasteiger partial charge in [-0.3, -0.25) is 4.79 Å². The van der Waals surface area contributed by atoms with Gasteiger partial charge < -0.3 is 4.57 Å². The van der Waals surface area contributed by atoms with Crippen LogP contribution in [0.25, 0.3) is 0 Å². The number of rotatable bonds is 4. The molecule has 1 aliphatic rings. The van der Waals surface area contributed by atoms with Crippen molar-refractivity contribution < 1.29 is 4.79 Å². The van der Waals surface area contributed by atoms with Gasteiger partial charge in [-0.2, -0.15) is 0 Å². The van der Waals surface area contributed by atoms with Crippen molar-refractivity contribution in [2.75, 3.05) is 5.75 Å². The Morgan fingerprint density at radius 1 is 1.60 bits per heavy atom. The van der Waals surface area contributed by atoms with Crippen molar-refractivity contribution in [3.05, 3.63) is 6.33 Å². The summed E-state index contributed by atoms with van der Waals surface area (Å²) in [5, 5.41) is 8.54. The minimum absolute atomic E-state index is 0.311. The lowest BCUT2D eigenvalue weighted by Gasteiger charge is -2.06. The van der Waals surface area contributed by atoms with Gasteiger partial charge in [-0.25, -0.2) is 0 Å². The maximum atomic E-state index is 11.8. The number of hydrogen-bond acceptors (Lipinski definition) is 4. The summed E-state index contributed by atoms with van der Waals surface area (Å²) in [4.78, 5) is 11.8. The molecule has 1 fully saturated rings. The van der Waals surface area contributed by atoms with E-state index in [1.54, 1.807) is 6.33 Å². The first-order valence-corrected chi connectivity index (χ1v) is 6.25. The van der Waals surface area contributed by atoms with Crippen LogP contribution in [-0.2, 0) is 11.8 Å². The second-order valence-electron chi connectivity index (χ2n) is 3.96. The van der Waals surface area contributed by atoms with E-state index in [2.05, 4.69) is 10.2 Å². The molecule has 0 aliphatic heterocycles. The van der Waals surface area contributed by atoms with E-state index in [0.29, 0.717) is 17.5 Å². The molecule has 0 aromatic carbocycles. The Kier molecular flexibility index (Phi) is 3.41. The molecular weight excluding hydrogens is 210 g/mol. The molecule has 0 N–H and O–H groups in total. The molecule has 0 spiro atoms. The number of carbonyl (C=O) groups excluding carboxylic acids is 1. The van der Waals surface area contributed by atoms with Crippen molar-refractivity contribution in [3.8, 4) is 0 Å². The Hall–Kier alpha value is -0.840. The number of ketones is 1. The fourth-order valence-corrected chi connectivity index (χ4v) is 2.77. The topological polar surface area (TPSA) is 47.8 Å². The molecule has 4 nitrogen and oxygen atoms in total. The number of aromatic nitrogens is 3. The monoisotopic (exact) mass is 225 g/mol. The highest BCUT2D eigenvalue weighted by atomic mass is 32.2. The molecular formula is C10H15N3OS. The number of aryl methyl sites for hydroxylation is 1. The third-order valence-electron chi connectivity index (χ3n) is 2.82. The van der Waals surface area contributed by atoms with E-state index in [0.717, 1.165) is 18.0 Å². The van der Waals surface area contributed by atoms with Gasteiger partial charge in [-0.15, -0.1) is 10.2 Å². The maximum absolute atomic E-state index is 11.8. The van der Waals surface area contributed by atoms with Crippen LogP contribution in [0.3, 0.4) is 0 Å². The molecule has 1 aromatic rings. The van der Waals surface area contributed by atoms with Crippen molar-refractivity contribution >= 4 is 17.5 Å². The zero-order chi connectivity index (χ0) is 10.7. The first-order chi connectivity index (χ1) is 7.27. The molecule has 0 bridgehead atoms. The average molecular weight is 225 g/mol. The van der Waals surface area contributed by atoms with Crippen LogP contribution in [0, 0.1) is 5.92 Å². The number of thioether (sulfide) groups is 1. The smallest absolute Gasteiger partial charge is 0.191 e. The lowest BCUT2D eigenvalue weighted by molar-refractivity contribution is -0.120. The van der Waals surface area contributed by atoms with Crippen LogP contribution < -0.4 is 0 Å². The molecule has 0 unspecified atom stereocenters. The van der Waals surface area contributed by atoms with Crippen LogP contribution in [0.5, 0.6) is 0 Å². The minimum atomic E-state index is 0.311. The van der Waals surface area contributed by atoms with Crippen molar-refractivity contribution in [2.45, 2.75) is 30.8 Å². The summed E-state index contributed by atoms with van der Waals surface area (Å²) in [7, 11) is 1.89. The zero-order valence-electron chi connectivity index (χ0n) is 8.85. The Labute approximate surface area is 93.5 Å². The third kappa shape index (κ3) is 2.59. The number of Topliss-reactive ketones (excluding diaryl/α,β-unsaturated/α-hetero) is 1. The molecule has 0 radical (unpaired) electrons. The van der Waals surface area contributed by atoms with Gasteiger partial charge in [0.25, 0.3) is 0 Å². The summed E-state index contributed by atoms with van der Waals surface area (Å²) in [6, 6.07) is 0. The highest BCUT2D eigenvalue weighted by Gasteiger charge is 2.22. The van der Waals surface area contributed by atoms with E-state index in [1.165, 1.54) is 24.6 Å². The normalized spacial score (nSPS) is 17.1. The largest absolute Gasteiger partial charge is 0.312 e. The molecule has 0 amide bonds. The summed E-state index contributed by atoms with van der Waals surface area (Å²) >= 11 is 1.49. The summed E-state index contributed by atoms with van der Waals surface area (Å²) in [5.74, 6) is 1.23. The Balaban J connectivity index is 1.83. The average Bonchev–Trinajstić information content (AvgIpc) is 2.85. The molecule has 82 valence electrons. The third-order valence-corrected chi connectivity index (χ3v) is 3.88. The van der Waals surface area contributed by atoms with Gasteiger partial charge in [0.2, 0.25) is 0 Å². The van der Waals surface area contributed by atoms with Gasteiger partial charge in [0, 0.05) is 13.0 Å². The quantitative estimate of drug-likeness (QED) is 0.731. The lowest BCUT2D eigenvalue weighted by Crippen LogP contribution is -2.13. The Morgan fingerprint density at radius 3 is 2.93 bits per heavy atom. The van der Waals surface area contributed by atoms with Crippen LogP contribution in [0.2, 0.25) is 0 Å².